The van der Waals surface area contributed by atoms with Gasteiger partial charge in [0.25, 0.3) is 0 Å². The zero-order valence-corrected chi connectivity index (χ0v) is 5.89. The van der Waals surface area contributed by atoms with Crippen LogP contribution in [0.15, 0.2) is 11.6 Å². The SMILES string of the molecule is NS(=O)[O-].c1csnn1. The number of nitrogens with two attached hydrogens (primary N) is 1. The summed E-state index contributed by atoms with van der Waals surface area (Å²) >= 11 is -1.01. The van der Waals surface area contributed by atoms with Crippen molar-refractivity contribution in [2.24, 2.45) is 5.14 Å². The van der Waals surface area contributed by atoms with Crippen LogP contribution in [-0.4, -0.2) is 18.3 Å². The first-order chi connectivity index (χ1) is 4.23. The monoisotopic (exact) mass is 166 g/mol. The Hall–Kier alpha value is -0.370. The molecular formula is C2H4N3O2S2-. The van der Waals surface area contributed by atoms with Crippen molar-refractivity contribution in [1.82, 2.24) is 9.59 Å². The zero-order valence-electron chi connectivity index (χ0n) is 4.26. The molecule has 0 bridgehead atoms. The molecule has 0 saturated carbocycles. The minimum atomic E-state index is -2.36. The Bertz CT molecular complexity index is 132. The fourth-order valence-corrected chi connectivity index (χ4v) is 0.408. The first kappa shape index (κ1) is 8.63. The second kappa shape index (κ2) is 5.76. The Morgan fingerprint density at radius 2 is 2.33 bits per heavy atom. The number of aromatic nitrogens is 2. The molecule has 1 unspecified atom stereocenters. The van der Waals surface area contributed by atoms with Crippen molar-refractivity contribution >= 4 is 22.8 Å². The van der Waals surface area contributed by atoms with E-state index in [2.05, 4.69) is 14.7 Å². The van der Waals surface area contributed by atoms with Crippen LogP contribution >= 0.6 is 11.5 Å². The minimum absolute atomic E-state index is 1.35. The Morgan fingerprint density at radius 1 is 1.78 bits per heavy atom. The van der Waals surface area contributed by atoms with Gasteiger partial charge >= 0.3 is 0 Å². The van der Waals surface area contributed by atoms with E-state index in [4.69, 9.17) is 8.76 Å². The second-order valence-corrected chi connectivity index (χ2v) is 2.02. The van der Waals surface area contributed by atoms with Crippen LogP contribution in [0.1, 0.15) is 0 Å². The zero-order chi connectivity index (χ0) is 7.11. The molecule has 1 aromatic rings. The van der Waals surface area contributed by atoms with E-state index in [1.807, 2.05) is 5.38 Å². The van der Waals surface area contributed by atoms with E-state index in [0.29, 0.717) is 0 Å². The molecule has 0 aliphatic heterocycles. The van der Waals surface area contributed by atoms with Gasteiger partial charge in [0.05, 0.1) is 6.20 Å². The van der Waals surface area contributed by atoms with Crippen molar-refractivity contribution in [1.29, 1.82) is 0 Å². The lowest BCUT2D eigenvalue weighted by atomic mass is 11.1. The van der Waals surface area contributed by atoms with E-state index in [-0.39, 0.29) is 0 Å². The third kappa shape index (κ3) is 11.3. The van der Waals surface area contributed by atoms with Crippen LogP contribution in [0.25, 0.3) is 0 Å². The number of nitrogens with zero attached hydrogens (tertiary/aromatic N) is 2. The average molecular weight is 166 g/mol. The summed E-state index contributed by atoms with van der Waals surface area (Å²) in [6.07, 6.45) is 1.66. The molecule has 0 aliphatic carbocycles. The van der Waals surface area contributed by atoms with Crippen LogP contribution in [0.3, 0.4) is 0 Å². The topological polar surface area (TPSA) is 91.9 Å². The molecule has 0 aromatic carbocycles. The normalized spacial score (nSPS) is 11.3. The molecule has 9 heavy (non-hydrogen) atoms. The van der Waals surface area contributed by atoms with E-state index in [0.717, 1.165) is 0 Å². The molecule has 7 heteroatoms. The average Bonchev–Trinajstić information content (AvgIpc) is 2.11. The van der Waals surface area contributed by atoms with Crippen molar-refractivity contribution in [3.8, 4) is 0 Å². The predicted molar refractivity (Wildman–Crippen MR) is 33.0 cm³/mol. The Labute approximate surface area is 58.5 Å². The van der Waals surface area contributed by atoms with Gasteiger partial charge in [0, 0.05) is 16.6 Å². The van der Waals surface area contributed by atoms with Gasteiger partial charge in [0.1, 0.15) is 0 Å². The van der Waals surface area contributed by atoms with Gasteiger partial charge in [-0.2, -0.15) is 0 Å². The number of rotatable bonds is 0. The van der Waals surface area contributed by atoms with Gasteiger partial charge in [-0.05, 0) is 11.5 Å². The van der Waals surface area contributed by atoms with Crippen LogP contribution < -0.4 is 5.14 Å². The lowest BCUT2D eigenvalue weighted by molar-refractivity contribution is 0.539. The first-order valence-corrected chi connectivity index (χ1v) is 3.75. The lowest BCUT2D eigenvalue weighted by Crippen LogP contribution is -1.97. The molecule has 1 aromatic heterocycles. The molecule has 0 saturated heterocycles. The highest BCUT2D eigenvalue weighted by atomic mass is 32.2. The fraction of sp³-hybridized carbons (Fsp3) is 0. The van der Waals surface area contributed by atoms with Gasteiger partial charge in [-0.25, -0.2) is 0 Å². The third-order valence-corrected chi connectivity index (χ3v) is 0.715. The van der Waals surface area contributed by atoms with E-state index in [9.17, 15) is 0 Å². The smallest absolute Gasteiger partial charge is 0.0620 e. The molecule has 0 aliphatic rings. The maximum absolute atomic E-state index is 8.78. The molecular weight excluding hydrogens is 162 g/mol. The van der Waals surface area contributed by atoms with E-state index in [1.165, 1.54) is 11.5 Å². The molecule has 0 radical (unpaired) electrons. The van der Waals surface area contributed by atoms with Gasteiger partial charge in [0.15, 0.2) is 0 Å². The Morgan fingerprint density at radius 3 is 2.44 bits per heavy atom. The van der Waals surface area contributed by atoms with Crippen LogP contribution in [0.4, 0.5) is 0 Å². The summed E-state index contributed by atoms with van der Waals surface area (Å²) in [5.41, 5.74) is 0. The van der Waals surface area contributed by atoms with Crippen LogP contribution in [0, 0.1) is 0 Å². The van der Waals surface area contributed by atoms with E-state index < -0.39 is 11.3 Å². The van der Waals surface area contributed by atoms with E-state index in [1.54, 1.807) is 6.20 Å². The van der Waals surface area contributed by atoms with Crippen molar-refractivity contribution in [2.45, 2.75) is 0 Å². The van der Waals surface area contributed by atoms with Gasteiger partial charge in [-0.3, -0.25) is 9.35 Å². The first-order valence-electron chi connectivity index (χ1n) is 1.78. The summed E-state index contributed by atoms with van der Waals surface area (Å²) in [5, 5.41) is 9.34. The highest BCUT2D eigenvalue weighted by Gasteiger charge is 1.61. The quantitative estimate of drug-likeness (QED) is 0.515. The van der Waals surface area contributed by atoms with Crippen LogP contribution in [0.5, 0.6) is 0 Å². The van der Waals surface area contributed by atoms with Gasteiger partial charge in [0.2, 0.25) is 0 Å². The summed E-state index contributed by atoms with van der Waals surface area (Å²) in [6.45, 7) is 0. The van der Waals surface area contributed by atoms with Gasteiger partial charge in [-0.15, -0.1) is 5.10 Å². The second-order valence-electron chi connectivity index (χ2n) is 0.848. The fourth-order valence-electron chi connectivity index (χ4n) is 0.136. The molecule has 2 N–H and O–H groups in total. The van der Waals surface area contributed by atoms with Crippen LogP contribution in [-0.2, 0) is 11.3 Å². The molecule has 5 nitrogen and oxygen atoms in total. The summed E-state index contributed by atoms with van der Waals surface area (Å²) in [5.74, 6) is 0. The van der Waals surface area contributed by atoms with Gasteiger partial charge in [-0.1, -0.05) is 4.49 Å². The Kier molecular flexibility index (Phi) is 5.52. The summed E-state index contributed by atoms with van der Waals surface area (Å²) in [6, 6.07) is 0. The highest BCUT2D eigenvalue weighted by molar-refractivity contribution is 7.76. The molecule has 0 amide bonds. The van der Waals surface area contributed by atoms with E-state index >= 15 is 0 Å². The molecule has 52 valence electrons. The number of hydrogen-bond donors (Lipinski definition) is 1. The Balaban J connectivity index is 0.000000148. The maximum atomic E-state index is 8.78. The highest BCUT2D eigenvalue weighted by Crippen LogP contribution is 1.78. The maximum Gasteiger partial charge on any atom is 0.0620 e. The minimum Gasteiger partial charge on any atom is -0.760 e. The molecule has 1 rings (SSSR count). The summed E-state index contributed by atoms with van der Waals surface area (Å²) in [4.78, 5) is 0. The standard InChI is InChI=1S/C2H2N2S.H3NO2S/c1-2-5-4-3-1;1-4(2)3/h1-2H;1H2,(H,2,3)/p-1. The van der Waals surface area contributed by atoms with Crippen LogP contribution in [0.2, 0.25) is 0 Å². The van der Waals surface area contributed by atoms with Crippen molar-refractivity contribution < 1.29 is 8.76 Å². The molecule has 0 fully saturated rings. The largest absolute Gasteiger partial charge is 0.760 e. The summed E-state index contributed by atoms with van der Waals surface area (Å²) in [7, 11) is 0. The van der Waals surface area contributed by atoms with Crippen molar-refractivity contribution in [3.63, 3.8) is 0 Å². The van der Waals surface area contributed by atoms with Crippen molar-refractivity contribution in [3.05, 3.63) is 11.6 Å². The third-order valence-electron chi connectivity index (χ3n) is 0.283. The lowest BCUT2D eigenvalue weighted by Gasteiger charge is -1.85. The molecule has 1 heterocycles. The molecule has 1 atom stereocenters. The number of hydrogen-bond acceptors (Lipinski definition) is 5. The summed E-state index contributed by atoms with van der Waals surface area (Å²) < 4.78 is 21.1. The predicted octanol–water partition coefficient (Wildman–Crippen LogP) is -0.723. The van der Waals surface area contributed by atoms with Gasteiger partial charge < -0.3 is 4.55 Å². The van der Waals surface area contributed by atoms with Crippen molar-refractivity contribution in [2.75, 3.05) is 0 Å². The molecule has 0 spiro atoms.